The second kappa shape index (κ2) is 2.93. The third-order valence-electron chi connectivity index (χ3n) is 3.02. The van der Waals surface area contributed by atoms with Crippen molar-refractivity contribution in [2.75, 3.05) is 19.8 Å². The lowest BCUT2D eigenvalue weighted by Gasteiger charge is -2.41. The molecule has 0 aromatic rings. The van der Waals surface area contributed by atoms with Crippen LogP contribution in [0.2, 0.25) is 0 Å². The molecular formula is C12H19NO. The number of hydrogen-bond donors (Lipinski definition) is 0. The van der Waals surface area contributed by atoms with E-state index in [2.05, 4.69) is 38.8 Å². The summed E-state index contributed by atoms with van der Waals surface area (Å²) < 4.78 is 5.30. The first kappa shape index (κ1) is 9.91. The lowest BCUT2D eigenvalue weighted by molar-refractivity contribution is -0.0584. The summed E-state index contributed by atoms with van der Waals surface area (Å²) in [4.78, 5) is 4.62. The van der Waals surface area contributed by atoms with E-state index in [-0.39, 0.29) is 10.8 Å². The summed E-state index contributed by atoms with van der Waals surface area (Å²) in [6.45, 7) is 11.5. The molecule has 2 aliphatic heterocycles. The Morgan fingerprint density at radius 1 is 1.36 bits per heavy atom. The van der Waals surface area contributed by atoms with E-state index in [0.717, 1.165) is 19.8 Å². The minimum atomic E-state index is 0.190. The predicted octanol–water partition coefficient (Wildman–Crippen LogP) is 2.45. The summed E-state index contributed by atoms with van der Waals surface area (Å²) in [5, 5.41) is 0. The lowest BCUT2D eigenvalue weighted by atomic mass is 9.73. The van der Waals surface area contributed by atoms with Gasteiger partial charge in [0.15, 0.2) is 0 Å². The molecule has 0 spiro atoms. The van der Waals surface area contributed by atoms with E-state index in [9.17, 15) is 0 Å². The van der Waals surface area contributed by atoms with E-state index in [1.165, 1.54) is 11.3 Å². The molecule has 1 saturated heterocycles. The summed E-state index contributed by atoms with van der Waals surface area (Å²) in [5.74, 6) is 0. The van der Waals surface area contributed by atoms with Crippen LogP contribution in [0.5, 0.6) is 0 Å². The van der Waals surface area contributed by atoms with Crippen LogP contribution in [0.4, 0.5) is 0 Å². The maximum atomic E-state index is 5.30. The molecule has 0 N–H and O–H groups in total. The van der Waals surface area contributed by atoms with Gasteiger partial charge in [0, 0.05) is 5.71 Å². The molecule has 1 fully saturated rings. The molecule has 2 nitrogen and oxygen atoms in total. The molecule has 0 unspecified atom stereocenters. The van der Waals surface area contributed by atoms with Crippen LogP contribution in [0.15, 0.2) is 16.6 Å². The standard InChI is InChI=1S/C12H19NO/c1-11(2,3)9-5-6-13-10(9)12(4)7-14-8-12/h5H,6-8H2,1-4H3. The largest absolute Gasteiger partial charge is 0.379 e. The van der Waals surface area contributed by atoms with Gasteiger partial charge >= 0.3 is 0 Å². The second-order valence-electron chi connectivity index (χ2n) is 5.61. The average molecular weight is 193 g/mol. The molecule has 2 rings (SSSR count). The van der Waals surface area contributed by atoms with Gasteiger partial charge < -0.3 is 4.74 Å². The van der Waals surface area contributed by atoms with Crippen LogP contribution in [-0.4, -0.2) is 25.5 Å². The van der Waals surface area contributed by atoms with Gasteiger partial charge in [-0.25, -0.2) is 0 Å². The Bertz CT molecular complexity index is 303. The van der Waals surface area contributed by atoms with Gasteiger partial charge in [0.05, 0.1) is 25.2 Å². The quantitative estimate of drug-likeness (QED) is 0.627. The molecule has 0 atom stereocenters. The molecule has 2 heterocycles. The molecule has 2 aliphatic rings. The van der Waals surface area contributed by atoms with Crippen molar-refractivity contribution in [2.45, 2.75) is 27.7 Å². The van der Waals surface area contributed by atoms with Crippen molar-refractivity contribution in [3.05, 3.63) is 11.6 Å². The average Bonchev–Trinajstić information content (AvgIpc) is 2.46. The summed E-state index contributed by atoms with van der Waals surface area (Å²) in [6, 6.07) is 0. The third-order valence-corrected chi connectivity index (χ3v) is 3.02. The monoisotopic (exact) mass is 193 g/mol. The van der Waals surface area contributed by atoms with Crippen LogP contribution >= 0.6 is 0 Å². The Morgan fingerprint density at radius 3 is 2.43 bits per heavy atom. The van der Waals surface area contributed by atoms with Crippen LogP contribution in [0.3, 0.4) is 0 Å². The Balaban J connectivity index is 2.26. The summed E-state index contributed by atoms with van der Waals surface area (Å²) in [5.41, 5.74) is 3.11. The van der Waals surface area contributed by atoms with Crippen molar-refractivity contribution < 1.29 is 4.74 Å². The molecule has 0 aromatic carbocycles. The number of rotatable bonds is 1. The van der Waals surface area contributed by atoms with Gasteiger partial charge in [-0.2, -0.15) is 0 Å². The number of ether oxygens (including phenoxy) is 1. The Kier molecular flexibility index (Phi) is 2.07. The molecule has 0 amide bonds. The lowest BCUT2D eigenvalue weighted by Crippen LogP contribution is -2.48. The summed E-state index contributed by atoms with van der Waals surface area (Å²) in [6.07, 6.45) is 2.26. The van der Waals surface area contributed by atoms with Gasteiger partial charge in [0.1, 0.15) is 0 Å². The third kappa shape index (κ3) is 1.42. The van der Waals surface area contributed by atoms with Crippen molar-refractivity contribution >= 4 is 5.71 Å². The van der Waals surface area contributed by atoms with E-state index in [4.69, 9.17) is 4.74 Å². The van der Waals surface area contributed by atoms with Crippen LogP contribution in [-0.2, 0) is 4.74 Å². The normalized spacial score (nSPS) is 25.4. The first-order valence-corrected chi connectivity index (χ1v) is 5.27. The molecule has 2 heteroatoms. The highest BCUT2D eigenvalue weighted by molar-refractivity contribution is 6.07. The van der Waals surface area contributed by atoms with Gasteiger partial charge in [0.2, 0.25) is 0 Å². The summed E-state index contributed by atoms with van der Waals surface area (Å²) >= 11 is 0. The molecule has 78 valence electrons. The van der Waals surface area contributed by atoms with E-state index in [0.29, 0.717) is 0 Å². The Labute approximate surface area is 86.1 Å². The fourth-order valence-corrected chi connectivity index (χ4v) is 2.13. The summed E-state index contributed by atoms with van der Waals surface area (Å²) in [7, 11) is 0. The number of aliphatic imine (C=N–C) groups is 1. The highest BCUT2D eigenvalue weighted by Crippen LogP contribution is 2.39. The second-order valence-corrected chi connectivity index (χ2v) is 5.61. The van der Waals surface area contributed by atoms with Crippen LogP contribution in [0.1, 0.15) is 27.7 Å². The first-order chi connectivity index (χ1) is 6.43. The number of allylic oxidation sites excluding steroid dienone is 1. The van der Waals surface area contributed by atoms with E-state index >= 15 is 0 Å². The number of nitrogens with zero attached hydrogens (tertiary/aromatic N) is 1. The first-order valence-electron chi connectivity index (χ1n) is 5.27. The van der Waals surface area contributed by atoms with E-state index in [1.54, 1.807) is 0 Å². The minimum Gasteiger partial charge on any atom is -0.379 e. The van der Waals surface area contributed by atoms with Gasteiger partial charge in [0.25, 0.3) is 0 Å². The minimum absolute atomic E-state index is 0.190. The molecule has 0 aliphatic carbocycles. The zero-order chi connectivity index (χ0) is 10.4. The van der Waals surface area contributed by atoms with Crippen LogP contribution < -0.4 is 0 Å². The molecule has 14 heavy (non-hydrogen) atoms. The van der Waals surface area contributed by atoms with E-state index < -0.39 is 0 Å². The van der Waals surface area contributed by atoms with Gasteiger partial charge in [-0.1, -0.05) is 26.8 Å². The van der Waals surface area contributed by atoms with Gasteiger partial charge in [-0.15, -0.1) is 0 Å². The van der Waals surface area contributed by atoms with Crippen molar-refractivity contribution in [1.29, 1.82) is 0 Å². The zero-order valence-corrected chi connectivity index (χ0v) is 9.55. The van der Waals surface area contributed by atoms with Crippen molar-refractivity contribution in [3.8, 4) is 0 Å². The maximum Gasteiger partial charge on any atom is 0.0598 e. The van der Waals surface area contributed by atoms with Gasteiger partial charge in [-0.05, 0) is 17.9 Å². The van der Waals surface area contributed by atoms with Crippen molar-refractivity contribution in [1.82, 2.24) is 0 Å². The highest BCUT2D eigenvalue weighted by Gasteiger charge is 2.43. The maximum absolute atomic E-state index is 5.30. The molecule has 0 bridgehead atoms. The fraction of sp³-hybridized carbons (Fsp3) is 0.750. The molecule has 0 saturated carbocycles. The van der Waals surface area contributed by atoms with Crippen LogP contribution in [0, 0.1) is 10.8 Å². The van der Waals surface area contributed by atoms with E-state index in [1.807, 2.05) is 0 Å². The highest BCUT2D eigenvalue weighted by atomic mass is 16.5. The topological polar surface area (TPSA) is 21.6 Å². The predicted molar refractivity (Wildman–Crippen MR) is 58.8 cm³/mol. The van der Waals surface area contributed by atoms with Gasteiger partial charge in [-0.3, -0.25) is 4.99 Å². The fourth-order valence-electron chi connectivity index (χ4n) is 2.13. The SMILES string of the molecule is CC(C)(C)C1=CCN=C1C1(C)COC1. The molecule has 0 radical (unpaired) electrons. The van der Waals surface area contributed by atoms with Crippen LogP contribution in [0.25, 0.3) is 0 Å². The van der Waals surface area contributed by atoms with Crippen molar-refractivity contribution in [3.63, 3.8) is 0 Å². The molecular weight excluding hydrogens is 174 g/mol. The van der Waals surface area contributed by atoms with Crippen molar-refractivity contribution in [2.24, 2.45) is 15.8 Å². The zero-order valence-electron chi connectivity index (χ0n) is 9.55. The Hall–Kier alpha value is -0.630. The molecule has 0 aromatic heterocycles. The Morgan fingerprint density at radius 2 is 2.00 bits per heavy atom. The number of hydrogen-bond acceptors (Lipinski definition) is 2. The smallest absolute Gasteiger partial charge is 0.0598 e.